The van der Waals surface area contributed by atoms with E-state index in [-0.39, 0.29) is 21.8 Å². The number of carbonyl (C=O) groups is 2. The molecule has 0 bridgehead atoms. The van der Waals surface area contributed by atoms with Crippen LogP contribution in [0.4, 0.5) is 0 Å². The van der Waals surface area contributed by atoms with Gasteiger partial charge in [0.05, 0.1) is 18.2 Å². The summed E-state index contributed by atoms with van der Waals surface area (Å²) in [5, 5.41) is 9.72. The minimum atomic E-state index is -1.12. The summed E-state index contributed by atoms with van der Waals surface area (Å²) in [5.74, 6) is -1.73. The van der Waals surface area contributed by atoms with Crippen LogP contribution >= 0.6 is 11.6 Å². The Kier molecular flexibility index (Phi) is 4.23. The number of halogens is 1. The predicted octanol–water partition coefficient (Wildman–Crippen LogP) is 3.20. The number of benzene rings is 1. The van der Waals surface area contributed by atoms with E-state index < -0.39 is 11.9 Å². The summed E-state index contributed by atoms with van der Waals surface area (Å²) in [5.41, 5.74) is 1.52. The fourth-order valence-corrected chi connectivity index (χ4v) is 2.20. The number of hydrogen-bond acceptors (Lipinski definition) is 4. The fraction of sp³-hybridized carbons (Fsp3) is 0.133. The summed E-state index contributed by atoms with van der Waals surface area (Å²) in [6.07, 6.45) is 1.43. The van der Waals surface area contributed by atoms with Gasteiger partial charge in [-0.15, -0.1) is 0 Å². The zero-order chi connectivity index (χ0) is 15.6. The maximum atomic E-state index is 11.9. The highest BCUT2D eigenvalue weighted by molar-refractivity contribution is 6.29. The Balaban J connectivity index is 2.81. The largest absolute Gasteiger partial charge is 0.478 e. The van der Waals surface area contributed by atoms with Gasteiger partial charge >= 0.3 is 11.9 Å². The Morgan fingerprint density at radius 2 is 1.95 bits per heavy atom. The van der Waals surface area contributed by atoms with Crippen molar-refractivity contribution in [3.63, 3.8) is 0 Å². The summed E-state index contributed by atoms with van der Waals surface area (Å²) in [6, 6.07) is 6.26. The van der Waals surface area contributed by atoms with Crippen molar-refractivity contribution in [3.8, 4) is 11.1 Å². The van der Waals surface area contributed by atoms with Gasteiger partial charge in [0.2, 0.25) is 0 Å². The Morgan fingerprint density at radius 3 is 2.48 bits per heavy atom. The van der Waals surface area contributed by atoms with Crippen molar-refractivity contribution >= 4 is 23.5 Å². The van der Waals surface area contributed by atoms with E-state index in [0.29, 0.717) is 11.1 Å². The number of pyridine rings is 1. The molecule has 5 nitrogen and oxygen atoms in total. The summed E-state index contributed by atoms with van der Waals surface area (Å²) in [4.78, 5) is 27.4. The zero-order valence-corrected chi connectivity index (χ0v) is 12.1. The van der Waals surface area contributed by atoms with Crippen LogP contribution in [0.2, 0.25) is 5.15 Å². The lowest BCUT2D eigenvalue weighted by Gasteiger charge is -2.13. The SMILES string of the molecule is COC(=O)c1ccc(C)c(C(=O)O)c1-c1ccc(Cl)nc1. The molecule has 21 heavy (non-hydrogen) atoms. The van der Waals surface area contributed by atoms with Crippen LogP contribution in [-0.2, 0) is 4.74 Å². The van der Waals surface area contributed by atoms with Crippen molar-refractivity contribution in [2.75, 3.05) is 7.11 Å². The van der Waals surface area contributed by atoms with Crippen molar-refractivity contribution in [2.24, 2.45) is 0 Å². The molecule has 0 unspecified atom stereocenters. The number of carboxylic acid groups (broad SMARTS) is 1. The first-order valence-electron chi connectivity index (χ1n) is 6.03. The third-order valence-corrected chi connectivity index (χ3v) is 3.27. The van der Waals surface area contributed by atoms with Gasteiger partial charge in [0, 0.05) is 17.3 Å². The van der Waals surface area contributed by atoms with Crippen molar-refractivity contribution in [1.29, 1.82) is 0 Å². The van der Waals surface area contributed by atoms with Gasteiger partial charge in [-0.25, -0.2) is 14.6 Å². The molecule has 0 amide bonds. The van der Waals surface area contributed by atoms with Gasteiger partial charge in [-0.2, -0.15) is 0 Å². The maximum Gasteiger partial charge on any atom is 0.338 e. The van der Waals surface area contributed by atoms with Crippen LogP contribution in [0.15, 0.2) is 30.5 Å². The number of carbonyl (C=O) groups excluding carboxylic acids is 1. The fourth-order valence-electron chi connectivity index (χ4n) is 2.09. The predicted molar refractivity (Wildman–Crippen MR) is 77.7 cm³/mol. The molecule has 1 N–H and O–H groups in total. The molecule has 0 radical (unpaired) electrons. The average Bonchev–Trinajstić information content (AvgIpc) is 2.46. The van der Waals surface area contributed by atoms with E-state index in [0.717, 1.165) is 0 Å². The van der Waals surface area contributed by atoms with E-state index in [1.165, 1.54) is 25.4 Å². The van der Waals surface area contributed by atoms with Crippen LogP contribution in [0.1, 0.15) is 26.3 Å². The monoisotopic (exact) mass is 305 g/mol. The molecule has 108 valence electrons. The Labute approximate surface area is 126 Å². The number of aryl methyl sites for hydroxylation is 1. The maximum absolute atomic E-state index is 11.9. The molecule has 6 heteroatoms. The summed E-state index contributed by atoms with van der Waals surface area (Å²) in [6.45, 7) is 1.66. The normalized spacial score (nSPS) is 10.2. The number of rotatable bonds is 3. The molecule has 0 saturated heterocycles. The molecular weight excluding hydrogens is 294 g/mol. The topological polar surface area (TPSA) is 76.5 Å². The van der Waals surface area contributed by atoms with E-state index in [1.807, 2.05) is 0 Å². The minimum Gasteiger partial charge on any atom is -0.478 e. The Bertz CT molecular complexity index is 710. The standard InChI is InChI=1S/C15H12ClNO4/c1-8-3-5-10(15(20)21-2)13(12(8)14(18)19)9-4-6-11(16)17-7-9/h3-7H,1-2H3,(H,18,19). The molecular formula is C15H12ClNO4. The molecule has 1 aromatic heterocycles. The molecule has 1 heterocycles. The lowest BCUT2D eigenvalue weighted by Crippen LogP contribution is -2.10. The molecule has 0 aliphatic carbocycles. The lowest BCUT2D eigenvalue weighted by molar-refractivity contribution is 0.0601. The first-order chi connectivity index (χ1) is 9.95. The second-order valence-corrected chi connectivity index (χ2v) is 4.73. The molecule has 1 aromatic carbocycles. The Hall–Kier alpha value is -2.40. The second kappa shape index (κ2) is 5.93. The van der Waals surface area contributed by atoms with Crippen LogP contribution in [0, 0.1) is 6.92 Å². The number of esters is 1. The number of ether oxygens (including phenoxy) is 1. The van der Waals surface area contributed by atoms with Gasteiger partial charge in [-0.1, -0.05) is 17.7 Å². The number of methoxy groups -OCH3 is 1. The molecule has 2 aromatic rings. The van der Waals surface area contributed by atoms with E-state index in [1.54, 1.807) is 19.1 Å². The number of hydrogen-bond donors (Lipinski definition) is 1. The van der Waals surface area contributed by atoms with Gasteiger partial charge < -0.3 is 9.84 Å². The van der Waals surface area contributed by atoms with Crippen LogP contribution in [0.25, 0.3) is 11.1 Å². The highest BCUT2D eigenvalue weighted by Gasteiger charge is 2.22. The van der Waals surface area contributed by atoms with E-state index in [2.05, 4.69) is 4.98 Å². The molecule has 0 spiro atoms. The number of aromatic nitrogens is 1. The van der Waals surface area contributed by atoms with Gasteiger partial charge in [0.25, 0.3) is 0 Å². The van der Waals surface area contributed by atoms with Gasteiger partial charge in [-0.05, 0) is 30.7 Å². The van der Waals surface area contributed by atoms with Crippen molar-refractivity contribution in [1.82, 2.24) is 4.98 Å². The summed E-state index contributed by atoms with van der Waals surface area (Å²) >= 11 is 5.74. The second-order valence-electron chi connectivity index (χ2n) is 4.35. The third-order valence-electron chi connectivity index (χ3n) is 3.05. The van der Waals surface area contributed by atoms with Crippen LogP contribution < -0.4 is 0 Å². The first kappa shape index (κ1) is 15.0. The smallest absolute Gasteiger partial charge is 0.338 e. The molecule has 0 aliphatic rings. The quantitative estimate of drug-likeness (QED) is 0.696. The summed E-state index contributed by atoms with van der Waals surface area (Å²) in [7, 11) is 1.24. The lowest BCUT2D eigenvalue weighted by atomic mass is 9.92. The van der Waals surface area contributed by atoms with Crippen molar-refractivity contribution in [2.45, 2.75) is 6.92 Å². The van der Waals surface area contributed by atoms with Crippen LogP contribution in [0.3, 0.4) is 0 Å². The molecule has 0 fully saturated rings. The first-order valence-corrected chi connectivity index (χ1v) is 6.40. The van der Waals surface area contributed by atoms with Crippen LogP contribution in [-0.4, -0.2) is 29.1 Å². The van der Waals surface area contributed by atoms with Gasteiger partial charge in [-0.3, -0.25) is 0 Å². The molecule has 2 rings (SSSR count). The van der Waals surface area contributed by atoms with E-state index in [9.17, 15) is 14.7 Å². The Morgan fingerprint density at radius 1 is 1.24 bits per heavy atom. The van der Waals surface area contributed by atoms with E-state index in [4.69, 9.17) is 16.3 Å². The minimum absolute atomic E-state index is 0.0435. The zero-order valence-electron chi connectivity index (χ0n) is 11.4. The average molecular weight is 306 g/mol. The van der Waals surface area contributed by atoms with Crippen molar-refractivity contribution in [3.05, 3.63) is 52.3 Å². The van der Waals surface area contributed by atoms with Crippen LogP contribution in [0.5, 0.6) is 0 Å². The number of aromatic carboxylic acids is 1. The number of carboxylic acids is 1. The highest BCUT2D eigenvalue weighted by Crippen LogP contribution is 2.31. The van der Waals surface area contributed by atoms with Crippen molar-refractivity contribution < 1.29 is 19.4 Å². The summed E-state index contributed by atoms with van der Waals surface area (Å²) < 4.78 is 4.72. The third kappa shape index (κ3) is 2.87. The highest BCUT2D eigenvalue weighted by atomic mass is 35.5. The van der Waals surface area contributed by atoms with Gasteiger partial charge in [0.1, 0.15) is 5.15 Å². The van der Waals surface area contributed by atoms with Gasteiger partial charge in [0.15, 0.2) is 0 Å². The number of nitrogens with zero attached hydrogens (tertiary/aromatic N) is 1. The molecule has 0 aliphatic heterocycles. The van der Waals surface area contributed by atoms with E-state index >= 15 is 0 Å². The molecule has 0 saturated carbocycles. The molecule has 0 atom stereocenters.